The summed E-state index contributed by atoms with van der Waals surface area (Å²) < 4.78 is 0. The molecule has 0 atom stereocenters. The minimum Gasteiger partial charge on any atom is -0.398 e. The Morgan fingerprint density at radius 1 is 1.37 bits per heavy atom. The number of para-hydroxylation sites is 1. The standard InChI is InChI=1S/C13H13N3O2S/c1-7-4-3-5-9(11(7)14)12(18)16-13-15-10(6-19-13)8(2)17/h3-6H,14H2,1-2H3,(H,15,16,18). The molecule has 19 heavy (non-hydrogen) atoms. The maximum absolute atomic E-state index is 12.1. The molecule has 0 aliphatic rings. The largest absolute Gasteiger partial charge is 0.398 e. The number of thiazole rings is 1. The van der Waals surface area contributed by atoms with E-state index in [1.165, 1.54) is 18.3 Å². The highest BCUT2D eigenvalue weighted by atomic mass is 32.1. The van der Waals surface area contributed by atoms with Gasteiger partial charge < -0.3 is 5.73 Å². The number of nitrogens with zero attached hydrogens (tertiary/aromatic N) is 1. The Morgan fingerprint density at radius 3 is 2.74 bits per heavy atom. The van der Waals surface area contributed by atoms with Crippen molar-refractivity contribution in [1.29, 1.82) is 0 Å². The molecule has 0 saturated carbocycles. The lowest BCUT2D eigenvalue weighted by Gasteiger charge is -2.07. The Balaban J connectivity index is 2.21. The number of anilines is 2. The summed E-state index contributed by atoms with van der Waals surface area (Å²) in [5, 5.41) is 4.63. The number of carbonyl (C=O) groups is 2. The number of benzene rings is 1. The summed E-state index contributed by atoms with van der Waals surface area (Å²) in [6.07, 6.45) is 0. The van der Waals surface area contributed by atoms with Gasteiger partial charge in [0, 0.05) is 18.0 Å². The Labute approximate surface area is 114 Å². The first-order valence-corrected chi connectivity index (χ1v) is 6.50. The molecule has 0 bridgehead atoms. The average Bonchev–Trinajstić information content (AvgIpc) is 2.81. The second-order valence-corrected chi connectivity index (χ2v) is 4.94. The van der Waals surface area contributed by atoms with Crippen molar-refractivity contribution in [3.63, 3.8) is 0 Å². The number of hydrogen-bond acceptors (Lipinski definition) is 5. The van der Waals surface area contributed by atoms with Crippen molar-refractivity contribution in [2.75, 3.05) is 11.1 Å². The van der Waals surface area contributed by atoms with Crippen LogP contribution in [0.15, 0.2) is 23.6 Å². The highest BCUT2D eigenvalue weighted by molar-refractivity contribution is 7.14. The van der Waals surface area contributed by atoms with Crippen LogP contribution in [0.4, 0.5) is 10.8 Å². The van der Waals surface area contributed by atoms with Crippen molar-refractivity contribution in [2.45, 2.75) is 13.8 Å². The van der Waals surface area contributed by atoms with E-state index in [9.17, 15) is 9.59 Å². The summed E-state index contributed by atoms with van der Waals surface area (Å²) in [4.78, 5) is 27.2. The maximum atomic E-state index is 12.1. The SMILES string of the molecule is CC(=O)c1csc(NC(=O)c2cccc(C)c2N)n1. The third kappa shape index (κ3) is 2.79. The molecule has 6 heteroatoms. The van der Waals surface area contributed by atoms with Crippen LogP contribution in [0.2, 0.25) is 0 Å². The van der Waals surface area contributed by atoms with Gasteiger partial charge in [-0.1, -0.05) is 12.1 Å². The second-order valence-electron chi connectivity index (χ2n) is 4.08. The Hall–Kier alpha value is -2.21. The number of nitrogens with one attached hydrogen (secondary N) is 1. The summed E-state index contributed by atoms with van der Waals surface area (Å²) in [5.41, 5.74) is 7.90. The molecular formula is C13H13N3O2S. The molecule has 1 aromatic carbocycles. The van der Waals surface area contributed by atoms with Crippen LogP contribution < -0.4 is 11.1 Å². The molecule has 5 nitrogen and oxygen atoms in total. The third-order valence-electron chi connectivity index (χ3n) is 2.65. The first kappa shape index (κ1) is 13.2. The van der Waals surface area contributed by atoms with Crippen molar-refractivity contribution >= 4 is 33.8 Å². The Morgan fingerprint density at radius 2 is 2.11 bits per heavy atom. The fraction of sp³-hybridized carbons (Fsp3) is 0.154. The number of nitrogen functional groups attached to an aromatic ring is 1. The van der Waals surface area contributed by atoms with E-state index in [1.54, 1.807) is 17.5 Å². The van der Waals surface area contributed by atoms with E-state index < -0.39 is 0 Å². The van der Waals surface area contributed by atoms with Crippen molar-refractivity contribution < 1.29 is 9.59 Å². The van der Waals surface area contributed by atoms with Gasteiger partial charge >= 0.3 is 0 Å². The van der Waals surface area contributed by atoms with Gasteiger partial charge in [-0.05, 0) is 18.6 Å². The van der Waals surface area contributed by atoms with Gasteiger partial charge in [0.2, 0.25) is 0 Å². The van der Waals surface area contributed by atoms with Gasteiger partial charge in [-0.2, -0.15) is 0 Å². The molecule has 2 aromatic rings. The molecule has 0 spiro atoms. The molecule has 98 valence electrons. The van der Waals surface area contributed by atoms with Crippen molar-refractivity contribution in [2.24, 2.45) is 0 Å². The van der Waals surface area contributed by atoms with Crippen LogP contribution >= 0.6 is 11.3 Å². The smallest absolute Gasteiger partial charge is 0.259 e. The van der Waals surface area contributed by atoms with Crippen LogP contribution in [0.1, 0.15) is 33.3 Å². The lowest BCUT2D eigenvalue weighted by atomic mass is 10.1. The molecule has 0 fully saturated rings. The van der Waals surface area contributed by atoms with Crippen LogP contribution in [-0.4, -0.2) is 16.7 Å². The van der Waals surface area contributed by atoms with Crippen LogP contribution in [0.5, 0.6) is 0 Å². The molecule has 3 N–H and O–H groups in total. The number of aromatic nitrogens is 1. The summed E-state index contributed by atoms with van der Waals surface area (Å²) in [6, 6.07) is 5.25. The van der Waals surface area contributed by atoms with E-state index in [-0.39, 0.29) is 11.7 Å². The topological polar surface area (TPSA) is 85.1 Å². The number of nitrogens with two attached hydrogens (primary N) is 1. The zero-order valence-electron chi connectivity index (χ0n) is 10.6. The quantitative estimate of drug-likeness (QED) is 0.665. The summed E-state index contributed by atoms with van der Waals surface area (Å²) in [5.74, 6) is -0.461. The van der Waals surface area contributed by atoms with E-state index in [4.69, 9.17) is 5.73 Å². The number of rotatable bonds is 3. The number of Topliss-reactive ketones (excluding diaryl/α,β-unsaturated/α-hetero) is 1. The van der Waals surface area contributed by atoms with E-state index >= 15 is 0 Å². The second kappa shape index (κ2) is 5.19. The van der Waals surface area contributed by atoms with E-state index in [0.29, 0.717) is 22.1 Å². The minimum atomic E-state index is -0.328. The van der Waals surface area contributed by atoms with Gasteiger partial charge in [-0.3, -0.25) is 14.9 Å². The normalized spacial score (nSPS) is 10.2. The predicted octanol–water partition coefficient (Wildman–Crippen LogP) is 2.49. The number of aryl methyl sites for hydroxylation is 1. The number of ketones is 1. The van der Waals surface area contributed by atoms with Gasteiger partial charge in [0.05, 0.1) is 5.56 Å². The molecule has 0 aliphatic carbocycles. The molecule has 1 heterocycles. The molecular weight excluding hydrogens is 262 g/mol. The monoisotopic (exact) mass is 275 g/mol. The number of hydrogen-bond donors (Lipinski definition) is 2. The van der Waals surface area contributed by atoms with Crippen LogP contribution in [0.3, 0.4) is 0 Å². The first-order chi connectivity index (χ1) is 8.99. The summed E-state index contributed by atoms with van der Waals surface area (Å²) in [7, 11) is 0. The average molecular weight is 275 g/mol. The predicted molar refractivity (Wildman–Crippen MR) is 75.7 cm³/mol. The summed E-state index contributed by atoms with van der Waals surface area (Å²) >= 11 is 1.21. The zero-order chi connectivity index (χ0) is 14.0. The molecule has 0 unspecified atom stereocenters. The molecule has 0 aliphatic heterocycles. The highest BCUT2D eigenvalue weighted by Gasteiger charge is 2.13. The van der Waals surface area contributed by atoms with Gasteiger partial charge in [0.15, 0.2) is 10.9 Å². The molecule has 1 aromatic heterocycles. The molecule has 2 rings (SSSR count). The molecule has 0 saturated heterocycles. The van der Waals surface area contributed by atoms with Gasteiger partial charge in [0.1, 0.15) is 5.69 Å². The lowest BCUT2D eigenvalue weighted by molar-refractivity contribution is 0.100. The van der Waals surface area contributed by atoms with Crippen LogP contribution in [-0.2, 0) is 0 Å². The fourth-order valence-electron chi connectivity index (χ4n) is 1.54. The highest BCUT2D eigenvalue weighted by Crippen LogP contribution is 2.20. The van der Waals surface area contributed by atoms with Crippen molar-refractivity contribution in [3.05, 3.63) is 40.4 Å². The van der Waals surface area contributed by atoms with Gasteiger partial charge in [-0.25, -0.2) is 4.98 Å². The van der Waals surface area contributed by atoms with Gasteiger partial charge in [0.25, 0.3) is 5.91 Å². The first-order valence-electron chi connectivity index (χ1n) is 5.62. The maximum Gasteiger partial charge on any atom is 0.259 e. The Bertz CT molecular complexity index is 649. The third-order valence-corrected chi connectivity index (χ3v) is 3.41. The molecule has 1 amide bonds. The van der Waals surface area contributed by atoms with Gasteiger partial charge in [-0.15, -0.1) is 11.3 Å². The van der Waals surface area contributed by atoms with Crippen molar-refractivity contribution in [1.82, 2.24) is 4.98 Å². The fourth-order valence-corrected chi connectivity index (χ4v) is 2.28. The van der Waals surface area contributed by atoms with E-state index in [2.05, 4.69) is 10.3 Å². The zero-order valence-corrected chi connectivity index (χ0v) is 11.4. The Kier molecular flexibility index (Phi) is 3.62. The summed E-state index contributed by atoms with van der Waals surface area (Å²) in [6.45, 7) is 3.27. The van der Waals surface area contributed by atoms with E-state index in [1.807, 2.05) is 13.0 Å². The number of amides is 1. The van der Waals surface area contributed by atoms with E-state index in [0.717, 1.165) is 5.56 Å². The van der Waals surface area contributed by atoms with Crippen LogP contribution in [0, 0.1) is 6.92 Å². The minimum absolute atomic E-state index is 0.133. The number of carbonyl (C=O) groups excluding carboxylic acids is 2. The molecule has 0 radical (unpaired) electrons. The van der Waals surface area contributed by atoms with Crippen LogP contribution in [0.25, 0.3) is 0 Å². The van der Waals surface area contributed by atoms with Crippen molar-refractivity contribution in [3.8, 4) is 0 Å². The lowest BCUT2D eigenvalue weighted by Crippen LogP contribution is -2.14.